The lowest BCUT2D eigenvalue weighted by atomic mass is 10.0. The Kier molecular flexibility index (Phi) is 10.4. The third-order valence-electron chi connectivity index (χ3n) is 7.45. The number of amides is 1. The van der Waals surface area contributed by atoms with Crippen LogP contribution in [-0.2, 0) is 4.74 Å². The van der Waals surface area contributed by atoms with Gasteiger partial charge in [-0.25, -0.2) is 4.98 Å². The molecule has 1 aromatic carbocycles. The number of fused-ring (bicyclic) bond motifs is 1. The van der Waals surface area contributed by atoms with Crippen LogP contribution in [0, 0.1) is 0 Å². The van der Waals surface area contributed by atoms with E-state index in [1.807, 2.05) is 18.2 Å². The molecule has 2 heterocycles. The van der Waals surface area contributed by atoms with Crippen LogP contribution in [0.3, 0.4) is 0 Å². The number of pyridine rings is 1. The van der Waals surface area contributed by atoms with Crippen LogP contribution in [0.2, 0.25) is 0 Å². The Hall–Kier alpha value is -2.38. The number of nitrogens with one attached hydrogen (secondary N) is 1. The molecule has 1 saturated heterocycles. The van der Waals surface area contributed by atoms with E-state index in [4.69, 9.17) is 19.2 Å². The summed E-state index contributed by atoms with van der Waals surface area (Å²) in [5.74, 6) is 1.22. The first kappa shape index (κ1) is 27.6. The molecule has 1 atom stereocenters. The van der Waals surface area contributed by atoms with Gasteiger partial charge in [0.25, 0.3) is 5.91 Å². The second-order valence-electron chi connectivity index (χ2n) is 10.8. The fraction of sp³-hybridized carbons (Fsp3) is 0.667. The van der Waals surface area contributed by atoms with E-state index in [1.165, 1.54) is 25.7 Å². The molecular weight excluding hydrogens is 466 g/mol. The van der Waals surface area contributed by atoms with E-state index in [2.05, 4.69) is 31.0 Å². The highest BCUT2D eigenvalue weighted by molar-refractivity contribution is 5.98. The fourth-order valence-corrected chi connectivity index (χ4v) is 5.37. The lowest BCUT2D eigenvalue weighted by Gasteiger charge is -2.35. The van der Waals surface area contributed by atoms with Crippen LogP contribution in [0.4, 0.5) is 0 Å². The smallest absolute Gasteiger partial charge is 0.270 e. The van der Waals surface area contributed by atoms with Gasteiger partial charge in [-0.2, -0.15) is 0 Å². The summed E-state index contributed by atoms with van der Waals surface area (Å²) < 4.78 is 18.3. The molecule has 4 rings (SSSR count). The van der Waals surface area contributed by atoms with Gasteiger partial charge in [-0.3, -0.25) is 9.69 Å². The van der Waals surface area contributed by atoms with Crippen molar-refractivity contribution in [1.29, 1.82) is 0 Å². The molecule has 0 bridgehead atoms. The SMILES string of the molecule is CCCOCCOc1cc(C(=O)N[C@@H]2CCCN(C(C)C)C2)nc2c(OC3CCCCCC3)cccc12. The maximum Gasteiger partial charge on any atom is 0.270 e. The zero-order valence-corrected chi connectivity index (χ0v) is 23.0. The van der Waals surface area contributed by atoms with Crippen molar-refractivity contribution in [2.45, 2.75) is 96.7 Å². The zero-order valence-electron chi connectivity index (χ0n) is 23.0. The molecule has 1 amide bonds. The molecule has 2 fully saturated rings. The van der Waals surface area contributed by atoms with E-state index >= 15 is 0 Å². The molecule has 7 heteroatoms. The molecule has 2 aliphatic rings. The van der Waals surface area contributed by atoms with Crippen molar-refractivity contribution in [2.75, 3.05) is 32.9 Å². The number of piperidine rings is 1. The molecule has 7 nitrogen and oxygen atoms in total. The predicted molar refractivity (Wildman–Crippen MR) is 148 cm³/mol. The number of rotatable bonds is 11. The van der Waals surface area contributed by atoms with Crippen LogP contribution >= 0.6 is 0 Å². The van der Waals surface area contributed by atoms with Gasteiger partial charge in [0.1, 0.15) is 29.3 Å². The van der Waals surface area contributed by atoms with E-state index < -0.39 is 0 Å². The van der Waals surface area contributed by atoms with Gasteiger partial charge < -0.3 is 19.5 Å². The Morgan fingerprint density at radius 3 is 2.62 bits per heavy atom. The van der Waals surface area contributed by atoms with Crippen LogP contribution in [0.15, 0.2) is 24.3 Å². The van der Waals surface area contributed by atoms with Gasteiger partial charge in [-0.05, 0) is 77.5 Å². The van der Waals surface area contributed by atoms with Crippen molar-refractivity contribution in [1.82, 2.24) is 15.2 Å². The molecule has 0 unspecified atom stereocenters. The topological polar surface area (TPSA) is 72.9 Å². The van der Waals surface area contributed by atoms with Crippen molar-refractivity contribution in [2.24, 2.45) is 0 Å². The second-order valence-corrected chi connectivity index (χ2v) is 10.8. The predicted octanol–water partition coefficient (Wildman–Crippen LogP) is 5.74. The molecule has 1 aliphatic carbocycles. The fourth-order valence-electron chi connectivity index (χ4n) is 5.37. The number of benzene rings is 1. The van der Waals surface area contributed by atoms with Gasteiger partial charge in [0.05, 0.1) is 12.7 Å². The average Bonchev–Trinajstić information content (AvgIpc) is 3.17. The summed E-state index contributed by atoms with van der Waals surface area (Å²) >= 11 is 0. The number of likely N-dealkylation sites (tertiary alicyclic amines) is 1. The Morgan fingerprint density at radius 1 is 1.05 bits per heavy atom. The first-order valence-electron chi connectivity index (χ1n) is 14.4. The largest absolute Gasteiger partial charge is 0.490 e. The molecule has 37 heavy (non-hydrogen) atoms. The van der Waals surface area contributed by atoms with Gasteiger partial charge in [0.15, 0.2) is 0 Å². The minimum absolute atomic E-state index is 0.116. The van der Waals surface area contributed by atoms with Gasteiger partial charge in [-0.15, -0.1) is 0 Å². The van der Waals surface area contributed by atoms with Crippen molar-refractivity contribution in [3.8, 4) is 11.5 Å². The van der Waals surface area contributed by atoms with E-state index in [9.17, 15) is 4.79 Å². The van der Waals surface area contributed by atoms with Gasteiger partial charge in [-0.1, -0.05) is 25.8 Å². The van der Waals surface area contributed by atoms with Crippen LogP contribution in [-0.4, -0.2) is 66.9 Å². The number of aromatic nitrogens is 1. The van der Waals surface area contributed by atoms with Crippen LogP contribution in [0.1, 0.15) is 89.0 Å². The highest BCUT2D eigenvalue weighted by atomic mass is 16.5. The van der Waals surface area contributed by atoms with Crippen molar-refractivity contribution >= 4 is 16.8 Å². The van der Waals surface area contributed by atoms with Crippen molar-refractivity contribution in [3.05, 3.63) is 30.0 Å². The van der Waals surface area contributed by atoms with Crippen LogP contribution in [0.25, 0.3) is 10.9 Å². The normalized spacial score (nSPS) is 19.6. The molecule has 1 N–H and O–H groups in total. The molecule has 0 radical (unpaired) electrons. The monoisotopic (exact) mass is 511 g/mol. The number of nitrogens with zero attached hydrogens (tertiary/aromatic N) is 2. The first-order valence-corrected chi connectivity index (χ1v) is 14.4. The molecule has 2 aromatic rings. The lowest BCUT2D eigenvalue weighted by Crippen LogP contribution is -2.49. The summed E-state index contributed by atoms with van der Waals surface area (Å²) in [4.78, 5) is 20.7. The molecule has 204 valence electrons. The minimum atomic E-state index is -0.158. The number of hydrogen-bond donors (Lipinski definition) is 1. The van der Waals surface area contributed by atoms with E-state index in [-0.39, 0.29) is 18.1 Å². The second kappa shape index (κ2) is 14.0. The Balaban J connectivity index is 1.58. The summed E-state index contributed by atoms with van der Waals surface area (Å²) in [6.45, 7) is 10.1. The van der Waals surface area contributed by atoms with Gasteiger partial charge >= 0.3 is 0 Å². The highest BCUT2D eigenvalue weighted by Crippen LogP contribution is 2.34. The summed E-state index contributed by atoms with van der Waals surface area (Å²) in [6, 6.07) is 8.31. The standard InChI is InChI=1S/C30H45N3O4/c1-4-17-35-18-19-36-28-20-26(30(34)31-23-11-10-16-33(21-23)22(2)3)32-29-25(28)14-9-15-27(29)37-24-12-7-5-6-8-13-24/h9,14-15,20,22-24H,4-8,10-13,16-19,21H2,1-3H3,(H,31,34)/t23-/m1/s1. The average molecular weight is 512 g/mol. The molecule has 1 aliphatic heterocycles. The number of ether oxygens (including phenoxy) is 3. The zero-order chi connectivity index (χ0) is 26.0. The lowest BCUT2D eigenvalue weighted by molar-refractivity contribution is 0.0880. The van der Waals surface area contributed by atoms with Crippen molar-refractivity contribution in [3.63, 3.8) is 0 Å². The highest BCUT2D eigenvalue weighted by Gasteiger charge is 2.25. The van der Waals surface area contributed by atoms with E-state index in [1.54, 1.807) is 6.07 Å². The van der Waals surface area contributed by atoms with Gasteiger partial charge in [0, 0.05) is 36.7 Å². The number of carbonyl (C=O) groups is 1. The number of para-hydroxylation sites is 1. The van der Waals surface area contributed by atoms with Crippen molar-refractivity contribution < 1.29 is 19.0 Å². The van der Waals surface area contributed by atoms with Crippen LogP contribution < -0.4 is 14.8 Å². The third-order valence-corrected chi connectivity index (χ3v) is 7.45. The molecule has 1 aromatic heterocycles. The minimum Gasteiger partial charge on any atom is -0.490 e. The maximum absolute atomic E-state index is 13.4. The van der Waals surface area contributed by atoms with Gasteiger partial charge in [0.2, 0.25) is 0 Å². The first-order chi connectivity index (χ1) is 18.0. The molecule has 1 saturated carbocycles. The molecule has 0 spiro atoms. The maximum atomic E-state index is 13.4. The quantitative estimate of drug-likeness (QED) is 0.306. The van der Waals surface area contributed by atoms with Crippen LogP contribution in [0.5, 0.6) is 11.5 Å². The third kappa shape index (κ3) is 7.81. The summed E-state index contributed by atoms with van der Waals surface area (Å²) in [7, 11) is 0. The Labute approximate surface area is 222 Å². The van der Waals surface area contributed by atoms with E-state index in [0.717, 1.165) is 56.3 Å². The molecular formula is C30H45N3O4. The summed E-state index contributed by atoms with van der Waals surface area (Å²) in [5, 5.41) is 4.10. The van der Waals surface area contributed by atoms with E-state index in [0.29, 0.717) is 42.8 Å². The Bertz CT molecular complexity index is 1000. The number of hydrogen-bond acceptors (Lipinski definition) is 6. The number of carbonyl (C=O) groups excluding carboxylic acids is 1. The summed E-state index contributed by atoms with van der Waals surface area (Å²) in [6.07, 6.45) is 10.3. The summed E-state index contributed by atoms with van der Waals surface area (Å²) in [5.41, 5.74) is 1.06. The Morgan fingerprint density at radius 2 is 1.86 bits per heavy atom.